The highest BCUT2D eigenvalue weighted by Gasteiger charge is 2.63. The van der Waals surface area contributed by atoms with Gasteiger partial charge in [-0.2, -0.15) is 13.2 Å². The third-order valence-electron chi connectivity index (χ3n) is 2.78. The van der Waals surface area contributed by atoms with Crippen LogP contribution in [0.4, 0.5) is 13.2 Å². The van der Waals surface area contributed by atoms with Gasteiger partial charge < -0.3 is 5.11 Å². The quantitative estimate of drug-likeness (QED) is 0.899. The predicted octanol–water partition coefficient (Wildman–Crippen LogP) is 0.968. The molecule has 9 heteroatoms. The molecule has 1 rings (SSSR count). The lowest BCUT2D eigenvalue weighted by Gasteiger charge is -2.33. The normalized spacial score (nSPS) is 17.8. The maximum absolute atomic E-state index is 13.1. The average Bonchev–Trinajstić information content (AvgIpc) is 2.25. The van der Waals surface area contributed by atoms with Gasteiger partial charge in [-0.3, -0.25) is 0 Å². The molecule has 0 aliphatic heterocycles. The largest absolute Gasteiger partial charge is 0.425 e. The van der Waals surface area contributed by atoms with E-state index >= 15 is 0 Å². The molecule has 0 amide bonds. The van der Waals surface area contributed by atoms with Gasteiger partial charge in [-0.15, -0.1) is 0 Å². The summed E-state index contributed by atoms with van der Waals surface area (Å²) in [6.45, 7) is 2.32. The minimum atomic E-state index is -5.22. The van der Waals surface area contributed by atoms with E-state index in [-0.39, 0.29) is 0 Å². The van der Waals surface area contributed by atoms with E-state index < -0.39 is 32.7 Å². The van der Waals surface area contributed by atoms with Gasteiger partial charge in [-0.1, -0.05) is 0 Å². The van der Waals surface area contributed by atoms with Crippen LogP contribution in [0, 0.1) is 6.92 Å². The Morgan fingerprint density at radius 3 is 2.00 bits per heavy atom. The zero-order valence-corrected chi connectivity index (χ0v) is 11.2. The van der Waals surface area contributed by atoms with Crippen LogP contribution in [0.2, 0.25) is 0 Å². The zero-order valence-electron chi connectivity index (χ0n) is 10.4. The summed E-state index contributed by atoms with van der Waals surface area (Å²) in [4.78, 5) is 6.81. The third-order valence-corrected chi connectivity index (χ3v) is 4.41. The molecule has 1 aromatic rings. The molecule has 108 valence electrons. The highest BCUT2D eigenvalue weighted by Crippen LogP contribution is 2.42. The summed E-state index contributed by atoms with van der Waals surface area (Å²) in [6, 6.07) is 0. The van der Waals surface area contributed by atoms with Gasteiger partial charge in [0.15, 0.2) is 15.7 Å². The smallest absolute Gasteiger partial charge is 0.373 e. The number of aryl methyl sites for hydroxylation is 1. The van der Waals surface area contributed by atoms with Crippen molar-refractivity contribution in [1.29, 1.82) is 0 Å². The van der Waals surface area contributed by atoms with E-state index in [0.717, 1.165) is 19.3 Å². The zero-order chi connectivity index (χ0) is 15.1. The van der Waals surface area contributed by atoms with Crippen molar-refractivity contribution in [3.05, 3.63) is 23.8 Å². The number of nitrogens with zero attached hydrogens (tertiary/aromatic N) is 2. The van der Waals surface area contributed by atoms with Crippen molar-refractivity contribution < 1.29 is 26.7 Å². The first-order chi connectivity index (χ1) is 8.40. The number of halogens is 3. The number of hydrogen-bond acceptors (Lipinski definition) is 5. The summed E-state index contributed by atoms with van der Waals surface area (Å²) in [5.74, 6) is -0.983. The van der Waals surface area contributed by atoms with Crippen molar-refractivity contribution in [1.82, 2.24) is 9.97 Å². The summed E-state index contributed by atoms with van der Waals surface area (Å²) in [5.41, 5.74) is -3.16. The molecule has 0 saturated heterocycles. The van der Waals surface area contributed by atoms with Gasteiger partial charge in [-0.05, 0) is 19.4 Å². The van der Waals surface area contributed by atoms with Crippen molar-refractivity contribution >= 4 is 9.84 Å². The highest BCUT2D eigenvalue weighted by molar-refractivity contribution is 7.91. The minimum Gasteiger partial charge on any atom is -0.373 e. The molecule has 2 atom stereocenters. The van der Waals surface area contributed by atoms with Crippen molar-refractivity contribution in [3.63, 3.8) is 0 Å². The molecular formula is C10H13F3N2O3S. The number of alkyl halides is 3. The summed E-state index contributed by atoms with van der Waals surface area (Å²) in [6.07, 6.45) is -2.45. The van der Waals surface area contributed by atoms with E-state index in [4.69, 9.17) is 0 Å². The standard InChI is InChI=1S/C10H13F3N2O3S/c1-6-4-14-8(15-5-6)9(16,10(11,12)13)7(2)19(3,17)18/h4-5,7,16H,1-3H3/t7-,9-/m0/s1. The van der Waals surface area contributed by atoms with Gasteiger partial charge in [0.2, 0.25) is 5.60 Å². The van der Waals surface area contributed by atoms with Gasteiger partial charge >= 0.3 is 6.18 Å². The molecule has 0 aliphatic rings. The van der Waals surface area contributed by atoms with Crippen LogP contribution in [0.5, 0.6) is 0 Å². The van der Waals surface area contributed by atoms with Crippen LogP contribution in [0.25, 0.3) is 0 Å². The number of aliphatic hydroxyl groups is 1. The monoisotopic (exact) mass is 298 g/mol. The van der Waals surface area contributed by atoms with E-state index in [2.05, 4.69) is 9.97 Å². The Kier molecular flexibility index (Phi) is 3.93. The summed E-state index contributed by atoms with van der Waals surface area (Å²) in [7, 11) is -4.15. The van der Waals surface area contributed by atoms with E-state index in [0.29, 0.717) is 11.8 Å². The molecule has 0 aliphatic carbocycles. The van der Waals surface area contributed by atoms with Crippen molar-refractivity contribution in [2.24, 2.45) is 0 Å². The van der Waals surface area contributed by atoms with E-state index in [9.17, 15) is 26.7 Å². The van der Waals surface area contributed by atoms with Crippen LogP contribution in [-0.4, -0.2) is 41.2 Å². The average molecular weight is 298 g/mol. The number of rotatable bonds is 3. The lowest BCUT2D eigenvalue weighted by Crippen LogP contribution is -2.54. The fourth-order valence-electron chi connectivity index (χ4n) is 1.44. The number of sulfone groups is 1. The molecule has 0 radical (unpaired) electrons. The Balaban J connectivity index is 3.50. The van der Waals surface area contributed by atoms with Crippen LogP contribution >= 0.6 is 0 Å². The molecule has 0 spiro atoms. The van der Waals surface area contributed by atoms with Gasteiger partial charge in [0, 0.05) is 18.6 Å². The Morgan fingerprint density at radius 2 is 1.68 bits per heavy atom. The summed E-state index contributed by atoms with van der Waals surface area (Å²) in [5, 5.41) is 7.76. The highest BCUT2D eigenvalue weighted by atomic mass is 32.2. The van der Waals surface area contributed by atoms with Crippen molar-refractivity contribution in [2.45, 2.75) is 30.9 Å². The van der Waals surface area contributed by atoms with Gasteiger partial charge in [0.1, 0.15) is 5.25 Å². The SMILES string of the molecule is Cc1cnc([C@@](O)([C@H](C)S(C)(=O)=O)C(F)(F)F)nc1. The predicted molar refractivity (Wildman–Crippen MR) is 61.0 cm³/mol. The topological polar surface area (TPSA) is 80.2 Å². The summed E-state index contributed by atoms with van der Waals surface area (Å²) < 4.78 is 61.9. The molecule has 0 aromatic carbocycles. The lowest BCUT2D eigenvalue weighted by atomic mass is 9.98. The Morgan fingerprint density at radius 1 is 1.26 bits per heavy atom. The minimum absolute atomic E-state index is 0.486. The molecule has 1 N–H and O–H groups in total. The Labute approximate surface area is 108 Å². The molecule has 5 nitrogen and oxygen atoms in total. The summed E-state index contributed by atoms with van der Waals surface area (Å²) >= 11 is 0. The van der Waals surface area contributed by atoms with Crippen molar-refractivity contribution in [2.75, 3.05) is 6.26 Å². The van der Waals surface area contributed by atoms with Crippen molar-refractivity contribution in [3.8, 4) is 0 Å². The van der Waals surface area contributed by atoms with Crippen LogP contribution < -0.4 is 0 Å². The molecule has 0 saturated carbocycles. The lowest BCUT2D eigenvalue weighted by molar-refractivity contribution is -0.268. The second kappa shape index (κ2) is 4.71. The van der Waals surface area contributed by atoms with E-state index in [1.807, 2.05) is 0 Å². The number of aromatic nitrogens is 2. The maximum atomic E-state index is 13.1. The van der Waals surface area contributed by atoms with Crippen LogP contribution in [0.15, 0.2) is 12.4 Å². The van der Waals surface area contributed by atoms with Crippen LogP contribution in [0.3, 0.4) is 0 Å². The first-order valence-electron chi connectivity index (χ1n) is 5.17. The molecule has 0 bridgehead atoms. The second-order valence-electron chi connectivity index (χ2n) is 4.32. The molecule has 0 fully saturated rings. The third kappa shape index (κ3) is 2.86. The number of hydrogen-bond donors (Lipinski definition) is 1. The van der Waals surface area contributed by atoms with Gasteiger partial charge in [-0.25, -0.2) is 18.4 Å². The van der Waals surface area contributed by atoms with Gasteiger partial charge in [0.05, 0.1) is 0 Å². The first-order valence-corrected chi connectivity index (χ1v) is 7.13. The fraction of sp³-hybridized carbons (Fsp3) is 0.600. The Hall–Kier alpha value is -1.22. The maximum Gasteiger partial charge on any atom is 0.425 e. The molecule has 1 aromatic heterocycles. The Bertz CT molecular complexity index is 556. The van der Waals surface area contributed by atoms with E-state index in [1.165, 1.54) is 0 Å². The second-order valence-corrected chi connectivity index (χ2v) is 6.69. The first kappa shape index (κ1) is 15.8. The van der Waals surface area contributed by atoms with Gasteiger partial charge in [0.25, 0.3) is 0 Å². The fourth-order valence-corrected chi connectivity index (χ4v) is 2.30. The molecule has 1 heterocycles. The van der Waals surface area contributed by atoms with Crippen LogP contribution in [-0.2, 0) is 15.4 Å². The van der Waals surface area contributed by atoms with Crippen LogP contribution in [0.1, 0.15) is 18.3 Å². The molecular weight excluding hydrogens is 285 g/mol. The molecule has 19 heavy (non-hydrogen) atoms. The molecule has 0 unspecified atom stereocenters. The van der Waals surface area contributed by atoms with E-state index in [1.54, 1.807) is 6.92 Å².